The van der Waals surface area contributed by atoms with Crippen LogP contribution in [0.15, 0.2) is 22.7 Å². The minimum atomic E-state index is -0.193. The van der Waals surface area contributed by atoms with Crippen LogP contribution in [-0.4, -0.2) is 23.9 Å². The van der Waals surface area contributed by atoms with Gasteiger partial charge in [-0.3, -0.25) is 0 Å². The molecule has 0 radical (unpaired) electrons. The van der Waals surface area contributed by atoms with Crippen LogP contribution in [0.3, 0.4) is 0 Å². The average molecular weight is 292 g/mol. The van der Waals surface area contributed by atoms with E-state index in [0.29, 0.717) is 29.8 Å². The highest BCUT2D eigenvalue weighted by Gasteiger charge is 2.14. The van der Waals surface area contributed by atoms with Gasteiger partial charge in [0.25, 0.3) is 5.89 Å². The molecule has 0 amide bonds. The van der Waals surface area contributed by atoms with Gasteiger partial charge in [-0.2, -0.15) is 4.98 Å². The molecule has 21 heavy (non-hydrogen) atoms. The maximum atomic E-state index is 5.66. The SMILES string of the molecule is CCO[C@@H](C)c1noc(COc2ccc(C)cc2OC)n1. The van der Waals surface area contributed by atoms with E-state index in [9.17, 15) is 0 Å². The van der Waals surface area contributed by atoms with Crippen molar-refractivity contribution < 1.29 is 18.7 Å². The lowest BCUT2D eigenvalue weighted by atomic mass is 10.2. The van der Waals surface area contributed by atoms with Gasteiger partial charge in [-0.1, -0.05) is 11.2 Å². The summed E-state index contributed by atoms with van der Waals surface area (Å²) in [4.78, 5) is 4.25. The minimum Gasteiger partial charge on any atom is -0.493 e. The molecule has 0 fully saturated rings. The third kappa shape index (κ3) is 3.95. The normalized spacial score (nSPS) is 12.2. The van der Waals surface area contributed by atoms with Crippen molar-refractivity contribution >= 4 is 0 Å². The van der Waals surface area contributed by atoms with Gasteiger partial charge in [0.15, 0.2) is 23.9 Å². The summed E-state index contributed by atoms with van der Waals surface area (Å²) in [6.45, 7) is 6.57. The highest BCUT2D eigenvalue weighted by atomic mass is 16.5. The van der Waals surface area contributed by atoms with E-state index < -0.39 is 0 Å². The van der Waals surface area contributed by atoms with Crippen molar-refractivity contribution in [3.8, 4) is 11.5 Å². The maximum absolute atomic E-state index is 5.66. The Labute approximate surface area is 124 Å². The lowest BCUT2D eigenvalue weighted by molar-refractivity contribution is 0.0683. The molecule has 1 aromatic carbocycles. The molecule has 0 saturated carbocycles. The first-order valence-electron chi connectivity index (χ1n) is 6.85. The molecule has 0 bridgehead atoms. The van der Waals surface area contributed by atoms with Gasteiger partial charge in [0.1, 0.15) is 6.10 Å². The van der Waals surface area contributed by atoms with E-state index in [-0.39, 0.29) is 12.7 Å². The van der Waals surface area contributed by atoms with Crippen LogP contribution in [0.2, 0.25) is 0 Å². The van der Waals surface area contributed by atoms with Crippen LogP contribution in [0.5, 0.6) is 11.5 Å². The van der Waals surface area contributed by atoms with Crippen LogP contribution in [-0.2, 0) is 11.3 Å². The van der Waals surface area contributed by atoms with Gasteiger partial charge >= 0.3 is 0 Å². The van der Waals surface area contributed by atoms with Gasteiger partial charge in [-0.15, -0.1) is 0 Å². The maximum Gasteiger partial charge on any atom is 0.264 e. The van der Waals surface area contributed by atoms with E-state index in [4.69, 9.17) is 18.7 Å². The van der Waals surface area contributed by atoms with Crippen LogP contribution in [0.25, 0.3) is 0 Å². The van der Waals surface area contributed by atoms with Crippen molar-refractivity contribution in [2.45, 2.75) is 33.5 Å². The van der Waals surface area contributed by atoms with Crippen LogP contribution >= 0.6 is 0 Å². The highest BCUT2D eigenvalue weighted by Crippen LogP contribution is 2.28. The smallest absolute Gasteiger partial charge is 0.264 e. The summed E-state index contributed by atoms with van der Waals surface area (Å²) in [5.74, 6) is 2.24. The van der Waals surface area contributed by atoms with Gasteiger partial charge in [0, 0.05) is 6.61 Å². The molecule has 0 spiro atoms. The van der Waals surface area contributed by atoms with Crippen LogP contribution in [0.1, 0.15) is 37.2 Å². The predicted octanol–water partition coefficient (Wildman–Crippen LogP) is 3.06. The molecule has 1 heterocycles. The summed E-state index contributed by atoms with van der Waals surface area (Å²) in [5.41, 5.74) is 1.10. The lowest BCUT2D eigenvalue weighted by Crippen LogP contribution is -2.02. The Hall–Kier alpha value is -2.08. The second kappa shape index (κ2) is 7.08. The molecule has 0 aliphatic heterocycles. The molecule has 6 nitrogen and oxygen atoms in total. The van der Waals surface area contributed by atoms with E-state index in [2.05, 4.69) is 10.1 Å². The van der Waals surface area contributed by atoms with Gasteiger partial charge in [-0.05, 0) is 38.5 Å². The standard InChI is InChI=1S/C15H20N2O4/c1-5-19-11(3)15-16-14(21-17-15)9-20-12-7-6-10(2)8-13(12)18-4/h6-8,11H,5,9H2,1-4H3/t11-/m0/s1. The summed E-state index contributed by atoms with van der Waals surface area (Å²) in [5, 5.41) is 3.88. The molecular weight excluding hydrogens is 272 g/mol. The number of nitrogens with zero attached hydrogens (tertiary/aromatic N) is 2. The fourth-order valence-electron chi connectivity index (χ4n) is 1.85. The Morgan fingerprint density at radius 1 is 1.29 bits per heavy atom. The van der Waals surface area contributed by atoms with Gasteiger partial charge in [-0.25, -0.2) is 0 Å². The topological polar surface area (TPSA) is 66.6 Å². The number of benzene rings is 1. The number of aromatic nitrogens is 2. The van der Waals surface area contributed by atoms with E-state index in [1.165, 1.54) is 0 Å². The Balaban J connectivity index is 2.00. The van der Waals surface area contributed by atoms with Crippen LogP contribution in [0.4, 0.5) is 0 Å². The Morgan fingerprint density at radius 2 is 2.10 bits per heavy atom. The summed E-state index contributed by atoms with van der Waals surface area (Å²) in [6.07, 6.45) is -0.193. The second-order valence-electron chi connectivity index (χ2n) is 4.59. The van der Waals surface area contributed by atoms with Crippen molar-refractivity contribution in [2.75, 3.05) is 13.7 Å². The molecular formula is C15H20N2O4. The monoisotopic (exact) mass is 292 g/mol. The van der Waals surface area contributed by atoms with E-state index >= 15 is 0 Å². The summed E-state index contributed by atoms with van der Waals surface area (Å²) in [7, 11) is 1.61. The van der Waals surface area contributed by atoms with Crippen LogP contribution < -0.4 is 9.47 Å². The van der Waals surface area contributed by atoms with Crippen molar-refractivity contribution in [3.63, 3.8) is 0 Å². The number of ether oxygens (including phenoxy) is 3. The van der Waals surface area contributed by atoms with Crippen molar-refractivity contribution in [2.24, 2.45) is 0 Å². The molecule has 0 unspecified atom stereocenters. The first-order chi connectivity index (χ1) is 10.1. The summed E-state index contributed by atoms with van der Waals surface area (Å²) >= 11 is 0. The molecule has 0 aliphatic rings. The molecule has 0 saturated heterocycles. The molecule has 0 N–H and O–H groups in total. The molecule has 6 heteroatoms. The molecule has 2 rings (SSSR count). The number of methoxy groups -OCH3 is 1. The van der Waals surface area contributed by atoms with Crippen molar-refractivity contribution in [1.29, 1.82) is 0 Å². The fraction of sp³-hybridized carbons (Fsp3) is 0.467. The number of aryl methyl sites for hydroxylation is 1. The quantitative estimate of drug-likeness (QED) is 0.781. The predicted molar refractivity (Wildman–Crippen MR) is 76.4 cm³/mol. The molecule has 0 aliphatic carbocycles. The number of rotatable bonds is 7. The number of hydrogen-bond donors (Lipinski definition) is 0. The number of hydrogen-bond acceptors (Lipinski definition) is 6. The highest BCUT2D eigenvalue weighted by molar-refractivity contribution is 5.42. The third-order valence-corrected chi connectivity index (χ3v) is 2.93. The van der Waals surface area contributed by atoms with E-state index in [1.807, 2.05) is 39.0 Å². The molecule has 1 aromatic heterocycles. The molecule has 2 aromatic rings. The molecule has 1 atom stereocenters. The zero-order chi connectivity index (χ0) is 15.2. The lowest BCUT2D eigenvalue weighted by Gasteiger charge is -2.09. The zero-order valence-corrected chi connectivity index (χ0v) is 12.8. The molecule has 114 valence electrons. The Kier molecular flexibility index (Phi) is 5.16. The third-order valence-electron chi connectivity index (χ3n) is 2.93. The zero-order valence-electron chi connectivity index (χ0n) is 12.8. The van der Waals surface area contributed by atoms with Crippen molar-refractivity contribution in [1.82, 2.24) is 10.1 Å². The van der Waals surface area contributed by atoms with Gasteiger partial charge in [0.2, 0.25) is 0 Å². The largest absolute Gasteiger partial charge is 0.493 e. The first kappa shape index (κ1) is 15.3. The fourth-order valence-corrected chi connectivity index (χ4v) is 1.85. The van der Waals surface area contributed by atoms with E-state index in [1.54, 1.807) is 7.11 Å². The van der Waals surface area contributed by atoms with Crippen molar-refractivity contribution in [3.05, 3.63) is 35.5 Å². The Morgan fingerprint density at radius 3 is 2.81 bits per heavy atom. The summed E-state index contributed by atoms with van der Waals surface area (Å²) in [6, 6.07) is 5.72. The Bertz CT molecular complexity index is 583. The van der Waals surface area contributed by atoms with Crippen LogP contribution in [0, 0.1) is 6.92 Å². The van der Waals surface area contributed by atoms with Gasteiger partial charge in [0.05, 0.1) is 7.11 Å². The minimum absolute atomic E-state index is 0.186. The van der Waals surface area contributed by atoms with E-state index in [0.717, 1.165) is 5.56 Å². The first-order valence-corrected chi connectivity index (χ1v) is 6.85. The average Bonchev–Trinajstić information content (AvgIpc) is 2.95. The van der Waals surface area contributed by atoms with Gasteiger partial charge < -0.3 is 18.7 Å². The second-order valence-corrected chi connectivity index (χ2v) is 4.59. The summed E-state index contributed by atoms with van der Waals surface area (Å²) < 4.78 is 21.5.